The Hall–Kier alpha value is -1.55. The predicted molar refractivity (Wildman–Crippen MR) is 82.2 cm³/mol. The molecule has 2 atom stereocenters. The van der Waals surface area contributed by atoms with Crippen LogP contribution in [0.2, 0.25) is 0 Å². The van der Waals surface area contributed by atoms with Gasteiger partial charge in [-0.25, -0.2) is 0 Å². The van der Waals surface area contributed by atoms with Gasteiger partial charge in [0.1, 0.15) is 18.3 Å². The Morgan fingerprint density at radius 3 is 2.81 bits per heavy atom. The van der Waals surface area contributed by atoms with Crippen molar-refractivity contribution in [3.8, 4) is 5.75 Å². The quantitative estimate of drug-likeness (QED) is 0.892. The Labute approximate surface area is 126 Å². The smallest absolute Gasteiger partial charge is 0.231 e. The molecule has 1 aliphatic carbocycles. The number of ether oxygens (including phenoxy) is 1. The SMILES string of the molecule is NCC(NC(=O)C1COc2ccccc21)C1CCCCC1. The number of hydrogen-bond acceptors (Lipinski definition) is 3. The molecule has 1 saturated carbocycles. The third-order valence-corrected chi connectivity index (χ3v) is 4.82. The van der Waals surface area contributed by atoms with Gasteiger partial charge in [-0.3, -0.25) is 4.79 Å². The van der Waals surface area contributed by atoms with E-state index in [-0.39, 0.29) is 17.9 Å². The fourth-order valence-corrected chi connectivity index (χ4v) is 3.57. The highest BCUT2D eigenvalue weighted by molar-refractivity contribution is 5.85. The van der Waals surface area contributed by atoms with Crippen LogP contribution in [0.4, 0.5) is 0 Å². The van der Waals surface area contributed by atoms with Gasteiger partial charge in [-0.15, -0.1) is 0 Å². The summed E-state index contributed by atoms with van der Waals surface area (Å²) in [5, 5.41) is 3.18. The maximum absolute atomic E-state index is 12.6. The van der Waals surface area contributed by atoms with Gasteiger partial charge >= 0.3 is 0 Å². The van der Waals surface area contributed by atoms with Crippen LogP contribution in [0.15, 0.2) is 24.3 Å². The minimum absolute atomic E-state index is 0.0565. The summed E-state index contributed by atoms with van der Waals surface area (Å²) in [7, 11) is 0. The van der Waals surface area contributed by atoms with Gasteiger partial charge in [-0.2, -0.15) is 0 Å². The Bertz CT molecular complexity index is 497. The molecule has 0 aromatic heterocycles. The molecule has 1 heterocycles. The van der Waals surface area contributed by atoms with E-state index in [4.69, 9.17) is 10.5 Å². The van der Waals surface area contributed by atoms with Crippen molar-refractivity contribution in [1.29, 1.82) is 0 Å². The predicted octanol–water partition coefficient (Wildman–Crippen LogP) is 2.19. The Balaban J connectivity index is 1.65. The summed E-state index contributed by atoms with van der Waals surface area (Å²) in [5.41, 5.74) is 6.89. The summed E-state index contributed by atoms with van der Waals surface area (Å²) >= 11 is 0. The summed E-state index contributed by atoms with van der Waals surface area (Å²) in [6.45, 7) is 0.957. The number of hydrogen-bond donors (Lipinski definition) is 2. The van der Waals surface area contributed by atoms with E-state index in [0.29, 0.717) is 19.1 Å². The van der Waals surface area contributed by atoms with Crippen molar-refractivity contribution in [2.45, 2.75) is 44.1 Å². The maximum atomic E-state index is 12.6. The van der Waals surface area contributed by atoms with Gasteiger partial charge in [0, 0.05) is 18.2 Å². The first-order valence-corrected chi connectivity index (χ1v) is 8.01. The van der Waals surface area contributed by atoms with Gasteiger partial charge < -0.3 is 15.8 Å². The monoisotopic (exact) mass is 288 g/mol. The number of amides is 1. The van der Waals surface area contributed by atoms with Crippen molar-refractivity contribution in [2.24, 2.45) is 11.7 Å². The molecule has 4 heteroatoms. The van der Waals surface area contributed by atoms with Gasteiger partial charge in [0.25, 0.3) is 0 Å². The van der Waals surface area contributed by atoms with E-state index < -0.39 is 0 Å². The molecular weight excluding hydrogens is 264 g/mol. The zero-order valence-electron chi connectivity index (χ0n) is 12.4. The van der Waals surface area contributed by atoms with Gasteiger partial charge in [0.2, 0.25) is 5.91 Å². The van der Waals surface area contributed by atoms with Gasteiger partial charge in [0.05, 0.1) is 0 Å². The first-order chi connectivity index (χ1) is 10.3. The normalized spacial score (nSPS) is 23.2. The van der Waals surface area contributed by atoms with E-state index in [9.17, 15) is 4.79 Å². The Morgan fingerprint density at radius 1 is 1.29 bits per heavy atom. The Morgan fingerprint density at radius 2 is 2.05 bits per heavy atom. The molecule has 0 saturated heterocycles. The second-order valence-corrected chi connectivity index (χ2v) is 6.15. The molecule has 2 unspecified atom stereocenters. The lowest BCUT2D eigenvalue weighted by Gasteiger charge is -2.30. The zero-order valence-corrected chi connectivity index (χ0v) is 12.4. The van der Waals surface area contributed by atoms with Gasteiger partial charge in [-0.1, -0.05) is 37.5 Å². The van der Waals surface area contributed by atoms with Crippen LogP contribution < -0.4 is 15.8 Å². The number of rotatable bonds is 4. The van der Waals surface area contributed by atoms with E-state index in [1.54, 1.807) is 0 Å². The molecule has 1 aromatic carbocycles. The van der Waals surface area contributed by atoms with Crippen molar-refractivity contribution in [1.82, 2.24) is 5.32 Å². The minimum Gasteiger partial charge on any atom is -0.492 e. The van der Waals surface area contributed by atoms with Crippen LogP contribution in [0.5, 0.6) is 5.75 Å². The third kappa shape index (κ3) is 3.05. The highest BCUT2D eigenvalue weighted by Gasteiger charge is 2.32. The van der Waals surface area contributed by atoms with Crippen molar-refractivity contribution >= 4 is 5.91 Å². The molecule has 0 spiro atoms. The molecule has 3 rings (SSSR count). The summed E-state index contributed by atoms with van der Waals surface area (Å²) in [6, 6.07) is 7.89. The number of para-hydroxylation sites is 1. The van der Waals surface area contributed by atoms with E-state index in [1.807, 2.05) is 24.3 Å². The van der Waals surface area contributed by atoms with Crippen LogP contribution in [-0.4, -0.2) is 25.1 Å². The highest BCUT2D eigenvalue weighted by atomic mass is 16.5. The van der Waals surface area contributed by atoms with E-state index in [1.165, 1.54) is 32.1 Å². The summed E-state index contributed by atoms with van der Waals surface area (Å²) in [5.74, 6) is 1.23. The molecule has 1 amide bonds. The minimum atomic E-state index is -0.196. The number of nitrogens with one attached hydrogen (secondary N) is 1. The zero-order chi connectivity index (χ0) is 14.7. The van der Waals surface area contributed by atoms with Crippen LogP contribution in [0.1, 0.15) is 43.6 Å². The van der Waals surface area contributed by atoms with E-state index >= 15 is 0 Å². The van der Waals surface area contributed by atoms with Crippen molar-refractivity contribution in [2.75, 3.05) is 13.2 Å². The summed E-state index contributed by atoms with van der Waals surface area (Å²) in [6.07, 6.45) is 6.18. The molecule has 1 fully saturated rings. The van der Waals surface area contributed by atoms with Crippen LogP contribution >= 0.6 is 0 Å². The summed E-state index contributed by atoms with van der Waals surface area (Å²) < 4.78 is 5.60. The van der Waals surface area contributed by atoms with Crippen LogP contribution in [-0.2, 0) is 4.79 Å². The van der Waals surface area contributed by atoms with Crippen LogP contribution in [0, 0.1) is 5.92 Å². The fraction of sp³-hybridized carbons (Fsp3) is 0.588. The molecular formula is C17H24N2O2. The molecule has 0 radical (unpaired) electrons. The van der Waals surface area contributed by atoms with Gasteiger partial charge in [-0.05, 0) is 24.8 Å². The average molecular weight is 288 g/mol. The topological polar surface area (TPSA) is 64.3 Å². The lowest BCUT2D eigenvalue weighted by Crippen LogP contribution is -2.47. The van der Waals surface area contributed by atoms with Gasteiger partial charge in [0.15, 0.2) is 0 Å². The van der Waals surface area contributed by atoms with E-state index in [0.717, 1.165) is 11.3 Å². The number of fused-ring (bicyclic) bond motifs is 1. The first kappa shape index (κ1) is 14.4. The standard InChI is InChI=1S/C17H24N2O2/c18-10-15(12-6-2-1-3-7-12)19-17(20)14-11-21-16-9-5-4-8-13(14)16/h4-5,8-9,12,14-15H,1-3,6-7,10-11,18H2,(H,19,20). The highest BCUT2D eigenvalue weighted by Crippen LogP contribution is 2.34. The molecule has 0 bridgehead atoms. The molecule has 114 valence electrons. The van der Waals surface area contributed by atoms with Crippen molar-refractivity contribution < 1.29 is 9.53 Å². The number of benzene rings is 1. The second-order valence-electron chi connectivity index (χ2n) is 6.15. The molecule has 2 aliphatic rings. The lowest BCUT2D eigenvalue weighted by atomic mass is 9.83. The number of nitrogens with two attached hydrogens (primary N) is 1. The maximum Gasteiger partial charge on any atom is 0.231 e. The van der Waals surface area contributed by atoms with Crippen molar-refractivity contribution in [3.05, 3.63) is 29.8 Å². The van der Waals surface area contributed by atoms with Crippen LogP contribution in [0.3, 0.4) is 0 Å². The first-order valence-electron chi connectivity index (χ1n) is 8.01. The number of carbonyl (C=O) groups excluding carboxylic acids is 1. The summed E-state index contributed by atoms with van der Waals surface area (Å²) in [4.78, 5) is 12.6. The Kier molecular flexibility index (Phi) is 4.44. The largest absolute Gasteiger partial charge is 0.492 e. The molecule has 1 aliphatic heterocycles. The average Bonchev–Trinajstić information content (AvgIpc) is 2.97. The van der Waals surface area contributed by atoms with E-state index in [2.05, 4.69) is 5.32 Å². The molecule has 1 aromatic rings. The van der Waals surface area contributed by atoms with Crippen molar-refractivity contribution in [3.63, 3.8) is 0 Å². The van der Waals surface area contributed by atoms with Crippen LogP contribution in [0.25, 0.3) is 0 Å². The molecule has 4 nitrogen and oxygen atoms in total. The second kappa shape index (κ2) is 6.48. The third-order valence-electron chi connectivity index (χ3n) is 4.82. The lowest BCUT2D eigenvalue weighted by molar-refractivity contribution is -0.123. The molecule has 3 N–H and O–H groups in total. The number of carbonyl (C=O) groups is 1. The molecule has 21 heavy (non-hydrogen) atoms. The fourth-order valence-electron chi connectivity index (χ4n) is 3.57.